The molecule has 8 nitrogen and oxygen atoms in total. The Balaban J connectivity index is 1.42. The summed E-state index contributed by atoms with van der Waals surface area (Å²) < 4.78 is 14.4. The molecule has 0 unspecified atom stereocenters. The highest BCUT2D eigenvalue weighted by molar-refractivity contribution is 6.70. The third-order valence-electron chi connectivity index (χ3n) is 5.02. The highest BCUT2D eigenvalue weighted by atomic mass is 19.1. The molecule has 3 aliphatic heterocycles. The first kappa shape index (κ1) is 17.5. The number of rotatable bonds is 3. The third kappa shape index (κ3) is 3.14. The second-order valence-corrected chi connectivity index (χ2v) is 6.76. The van der Waals surface area contributed by atoms with E-state index in [1.165, 1.54) is 23.8 Å². The minimum Gasteiger partial charge on any atom is -0.369 e. The number of amidine groups is 2. The molecule has 1 aromatic rings. The number of fused-ring (bicyclic) bond motifs is 1. The SMILES string of the molecule is CN1C(=O)C2=NC(CN3CCN(c4ccc(F)cc4)CC3)=NC2=[N+](C)C1=O. The molecule has 4 rings (SSSR count). The van der Waals surface area contributed by atoms with Gasteiger partial charge in [-0.2, -0.15) is 9.48 Å². The second-order valence-electron chi connectivity index (χ2n) is 6.76. The molecule has 1 saturated heterocycles. The van der Waals surface area contributed by atoms with Gasteiger partial charge >= 0.3 is 17.8 Å². The van der Waals surface area contributed by atoms with E-state index in [1.54, 1.807) is 19.2 Å². The lowest BCUT2D eigenvalue weighted by molar-refractivity contribution is -0.401. The fourth-order valence-electron chi connectivity index (χ4n) is 3.40. The smallest absolute Gasteiger partial charge is 0.369 e. The second kappa shape index (κ2) is 6.66. The highest BCUT2D eigenvalue weighted by Gasteiger charge is 2.44. The first-order chi connectivity index (χ1) is 12.9. The van der Waals surface area contributed by atoms with Gasteiger partial charge in [0.05, 0.1) is 20.6 Å². The first-order valence-corrected chi connectivity index (χ1v) is 8.76. The summed E-state index contributed by atoms with van der Waals surface area (Å²) in [5, 5.41) is 0. The average molecular weight is 371 g/mol. The molecule has 3 aliphatic rings. The number of urea groups is 1. The summed E-state index contributed by atoms with van der Waals surface area (Å²) in [5.41, 5.74) is 1.23. The standard InChI is InChI=1S/C18H20FN6O2/c1-22-16-15(17(26)23(2)18(22)27)20-14(21-16)11-24-7-9-25(10-8-24)13-5-3-12(19)4-6-13/h3-6H,7-11H2,1-2H3/q+1. The molecular formula is C18H20FN6O2+. The number of hydrogen-bond donors (Lipinski definition) is 0. The summed E-state index contributed by atoms with van der Waals surface area (Å²) in [6, 6.07) is 6.10. The molecule has 3 heterocycles. The quantitative estimate of drug-likeness (QED) is 0.723. The van der Waals surface area contributed by atoms with Crippen molar-refractivity contribution in [1.82, 2.24) is 9.80 Å². The van der Waals surface area contributed by atoms with Crippen molar-refractivity contribution in [2.45, 2.75) is 0 Å². The Bertz CT molecular complexity index is 897. The van der Waals surface area contributed by atoms with Crippen molar-refractivity contribution < 1.29 is 18.6 Å². The van der Waals surface area contributed by atoms with Gasteiger partial charge in [0.1, 0.15) is 5.82 Å². The van der Waals surface area contributed by atoms with Gasteiger partial charge in [-0.25, -0.2) is 19.0 Å². The molecule has 3 amide bonds. The van der Waals surface area contributed by atoms with Gasteiger partial charge in [-0.3, -0.25) is 4.90 Å². The highest BCUT2D eigenvalue weighted by Crippen LogP contribution is 2.17. The molecule has 27 heavy (non-hydrogen) atoms. The van der Waals surface area contributed by atoms with Crippen LogP contribution >= 0.6 is 0 Å². The molecule has 1 fully saturated rings. The number of amides is 3. The molecule has 1 aromatic carbocycles. The maximum atomic E-state index is 13.1. The Kier molecular flexibility index (Phi) is 4.31. The molecule has 0 aliphatic carbocycles. The molecule has 0 atom stereocenters. The molecule has 0 bridgehead atoms. The van der Waals surface area contributed by atoms with E-state index >= 15 is 0 Å². The van der Waals surface area contributed by atoms with Crippen molar-refractivity contribution in [1.29, 1.82) is 0 Å². The maximum absolute atomic E-state index is 13.1. The molecule has 0 radical (unpaired) electrons. The van der Waals surface area contributed by atoms with Gasteiger partial charge in [0.2, 0.25) is 11.5 Å². The fraction of sp³-hybridized carbons (Fsp3) is 0.389. The lowest BCUT2D eigenvalue weighted by Gasteiger charge is -2.35. The Morgan fingerprint density at radius 1 is 1.07 bits per heavy atom. The molecule has 0 N–H and O–H groups in total. The van der Waals surface area contributed by atoms with Gasteiger partial charge in [-0.1, -0.05) is 4.99 Å². The van der Waals surface area contributed by atoms with Crippen LogP contribution in [0.15, 0.2) is 34.3 Å². The van der Waals surface area contributed by atoms with E-state index in [2.05, 4.69) is 19.8 Å². The van der Waals surface area contributed by atoms with Gasteiger partial charge < -0.3 is 4.90 Å². The van der Waals surface area contributed by atoms with Crippen LogP contribution in [-0.4, -0.2) is 90.5 Å². The summed E-state index contributed by atoms with van der Waals surface area (Å²) in [6.07, 6.45) is 0. The van der Waals surface area contributed by atoms with Crippen LogP contribution in [0.2, 0.25) is 0 Å². The van der Waals surface area contributed by atoms with Gasteiger partial charge in [0.15, 0.2) is 0 Å². The minimum atomic E-state index is -0.423. The van der Waals surface area contributed by atoms with Gasteiger partial charge in [-0.15, -0.1) is 0 Å². The summed E-state index contributed by atoms with van der Waals surface area (Å²) in [4.78, 5) is 38.5. The molecule has 0 aromatic heterocycles. The summed E-state index contributed by atoms with van der Waals surface area (Å²) in [6.45, 7) is 3.75. The lowest BCUT2D eigenvalue weighted by atomic mass is 10.2. The van der Waals surface area contributed by atoms with Crippen molar-refractivity contribution in [2.75, 3.05) is 51.7 Å². The van der Waals surface area contributed by atoms with E-state index in [-0.39, 0.29) is 11.5 Å². The van der Waals surface area contributed by atoms with E-state index in [4.69, 9.17) is 0 Å². The topological polar surface area (TPSA) is 71.6 Å². The van der Waals surface area contributed by atoms with Crippen LogP contribution in [-0.2, 0) is 4.79 Å². The number of halogens is 1. The molecule has 0 spiro atoms. The summed E-state index contributed by atoms with van der Waals surface area (Å²) in [7, 11) is 3.02. The number of aliphatic imine (C=N–C) groups is 2. The summed E-state index contributed by atoms with van der Waals surface area (Å²) >= 11 is 0. The Morgan fingerprint density at radius 3 is 2.41 bits per heavy atom. The monoisotopic (exact) mass is 371 g/mol. The predicted octanol–water partition coefficient (Wildman–Crippen LogP) is 0.434. The molecular weight excluding hydrogens is 351 g/mol. The van der Waals surface area contributed by atoms with Gasteiger partial charge in [0, 0.05) is 31.9 Å². The lowest BCUT2D eigenvalue weighted by Crippen LogP contribution is -2.51. The van der Waals surface area contributed by atoms with Crippen LogP contribution in [0.25, 0.3) is 0 Å². The number of benzene rings is 1. The molecule has 0 saturated carbocycles. The van der Waals surface area contributed by atoms with E-state index in [0.717, 1.165) is 36.8 Å². The molecule has 140 valence electrons. The minimum absolute atomic E-state index is 0.222. The van der Waals surface area contributed by atoms with Crippen molar-refractivity contribution >= 4 is 35.0 Å². The normalized spacial score (nSPS) is 20.9. The maximum Gasteiger partial charge on any atom is 0.446 e. The zero-order valence-corrected chi connectivity index (χ0v) is 15.2. The van der Waals surface area contributed by atoms with Crippen LogP contribution in [0.1, 0.15) is 0 Å². The van der Waals surface area contributed by atoms with E-state index in [9.17, 15) is 14.0 Å². The number of imide groups is 1. The number of piperazine rings is 1. The Hall–Kier alpha value is -2.94. The number of carbonyl (C=O) groups is 2. The Morgan fingerprint density at radius 2 is 1.74 bits per heavy atom. The number of carbonyl (C=O) groups excluding carboxylic acids is 2. The van der Waals surface area contributed by atoms with Crippen LogP contribution < -0.4 is 4.90 Å². The first-order valence-electron chi connectivity index (χ1n) is 8.76. The van der Waals surface area contributed by atoms with E-state index in [0.29, 0.717) is 18.2 Å². The average Bonchev–Trinajstić information content (AvgIpc) is 3.10. The third-order valence-corrected chi connectivity index (χ3v) is 5.02. The van der Waals surface area contributed by atoms with Crippen molar-refractivity contribution in [2.24, 2.45) is 9.98 Å². The predicted molar refractivity (Wildman–Crippen MR) is 99.3 cm³/mol. The number of nitrogens with zero attached hydrogens (tertiary/aromatic N) is 6. The van der Waals surface area contributed by atoms with E-state index in [1.807, 2.05) is 0 Å². The van der Waals surface area contributed by atoms with Crippen LogP contribution in [0, 0.1) is 5.82 Å². The number of hydrogen-bond acceptors (Lipinski definition) is 6. The largest absolute Gasteiger partial charge is 0.446 e. The van der Waals surface area contributed by atoms with Gasteiger partial charge in [0.25, 0.3) is 0 Å². The van der Waals surface area contributed by atoms with Crippen molar-refractivity contribution in [3.63, 3.8) is 0 Å². The Labute approximate surface area is 155 Å². The zero-order valence-electron chi connectivity index (χ0n) is 15.2. The zero-order chi connectivity index (χ0) is 19.1. The van der Waals surface area contributed by atoms with Crippen molar-refractivity contribution in [3.8, 4) is 0 Å². The van der Waals surface area contributed by atoms with Crippen LogP contribution in [0.5, 0.6) is 0 Å². The fourth-order valence-corrected chi connectivity index (χ4v) is 3.40. The number of anilines is 1. The van der Waals surface area contributed by atoms with Gasteiger partial charge in [-0.05, 0) is 24.3 Å². The van der Waals surface area contributed by atoms with Crippen LogP contribution in [0.4, 0.5) is 14.9 Å². The molecule has 9 heteroatoms. The summed E-state index contributed by atoms with van der Waals surface area (Å²) in [5.74, 6) is 0.202. The van der Waals surface area contributed by atoms with Crippen molar-refractivity contribution in [3.05, 3.63) is 30.1 Å². The van der Waals surface area contributed by atoms with Crippen LogP contribution in [0.3, 0.4) is 0 Å². The van der Waals surface area contributed by atoms with E-state index < -0.39 is 11.9 Å².